The number of carbonyl (C=O) groups excluding carboxylic acids is 1. The molecule has 28 heavy (non-hydrogen) atoms. The Kier molecular flexibility index (Phi) is 5.40. The number of rotatable bonds is 5. The molecule has 6 heteroatoms. The maximum absolute atomic E-state index is 12.7. The molecule has 1 aromatic carbocycles. The molecular weight excluding hydrogens is 352 g/mol. The lowest BCUT2D eigenvalue weighted by Crippen LogP contribution is -2.17. The highest BCUT2D eigenvalue weighted by Crippen LogP contribution is 2.29. The molecule has 0 aliphatic heterocycles. The molecule has 3 rings (SSSR count). The Bertz CT molecular complexity index is 998. The topological polar surface area (TPSA) is 68.5 Å². The fraction of sp³-hybridized carbons (Fsp3) is 0.409. The number of hydrogen-bond acceptors (Lipinski definition) is 4. The Morgan fingerprint density at radius 3 is 2.46 bits per heavy atom. The first-order valence-electron chi connectivity index (χ1n) is 9.45. The van der Waals surface area contributed by atoms with E-state index in [1.54, 1.807) is 7.11 Å². The number of anilines is 1. The summed E-state index contributed by atoms with van der Waals surface area (Å²) in [6.45, 7) is 10.5. The third-order valence-electron chi connectivity index (χ3n) is 4.48. The molecule has 0 atom stereocenters. The molecular formula is C22H28N4O2. The third-order valence-corrected chi connectivity index (χ3v) is 4.48. The van der Waals surface area contributed by atoms with Gasteiger partial charge in [-0.1, -0.05) is 32.9 Å². The number of carbonyl (C=O) groups is 1. The molecule has 0 saturated carbocycles. The van der Waals surface area contributed by atoms with Crippen LogP contribution in [0.25, 0.3) is 5.65 Å². The van der Waals surface area contributed by atoms with Crippen molar-refractivity contribution in [2.45, 2.75) is 47.5 Å². The second-order valence-electron chi connectivity index (χ2n) is 8.41. The molecule has 0 aliphatic carbocycles. The Labute approximate surface area is 165 Å². The molecule has 2 heterocycles. The standard InChI is InChI=1S/C22H28N4O2/c1-14-11-15(2)26-21(23-14)18(13-22(3,4)5)20(25-26)24-19(27)12-16-7-9-17(28-6)10-8-16/h7-11H,12-13H2,1-6H3,(H,24,25,27). The molecule has 3 aromatic rings. The summed E-state index contributed by atoms with van der Waals surface area (Å²) in [5, 5.41) is 7.65. The predicted molar refractivity (Wildman–Crippen MR) is 111 cm³/mol. The molecule has 1 amide bonds. The second-order valence-corrected chi connectivity index (χ2v) is 8.41. The van der Waals surface area contributed by atoms with Crippen LogP contribution < -0.4 is 10.1 Å². The predicted octanol–water partition coefficient (Wildman–Crippen LogP) is 4.12. The summed E-state index contributed by atoms with van der Waals surface area (Å²) >= 11 is 0. The van der Waals surface area contributed by atoms with Crippen LogP contribution in [0.4, 0.5) is 5.82 Å². The summed E-state index contributed by atoms with van der Waals surface area (Å²) in [6, 6.07) is 9.49. The number of nitrogens with zero attached hydrogens (tertiary/aromatic N) is 3. The first-order valence-corrected chi connectivity index (χ1v) is 9.45. The highest BCUT2D eigenvalue weighted by atomic mass is 16.5. The highest BCUT2D eigenvalue weighted by molar-refractivity contribution is 5.93. The number of fused-ring (bicyclic) bond motifs is 1. The fourth-order valence-corrected chi connectivity index (χ4v) is 3.26. The van der Waals surface area contributed by atoms with E-state index < -0.39 is 0 Å². The highest BCUT2D eigenvalue weighted by Gasteiger charge is 2.23. The van der Waals surface area contributed by atoms with Crippen LogP contribution in [-0.2, 0) is 17.6 Å². The van der Waals surface area contributed by atoms with Crippen molar-refractivity contribution < 1.29 is 9.53 Å². The zero-order valence-corrected chi connectivity index (χ0v) is 17.5. The van der Waals surface area contributed by atoms with Gasteiger partial charge in [-0.3, -0.25) is 4.79 Å². The van der Waals surface area contributed by atoms with Crippen molar-refractivity contribution >= 4 is 17.4 Å². The second kappa shape index (κ2) is 7.62. The fourth-order valence-electron chi connectivity index (χ4n) is 3.26. The normalized spacial score (nSPS) is 11.6. The first-order chi connectivity index (χ1) is 13.2. The van der Waals surface area contributed by atoms with E-state index in [1.807, 2.05) is 48.7 Å². The number of ether oxygens (including phenoxy) is 1. The number of amides is 1. The lowest BCUT2D eigenvalue weighted by Gasteiger charge is -2.18. The van der Waals surface area contributed by atoms with Gasteiger partial charge in [0.1, 0.15) is 5.75 Å². The van der Waals surface area contributed by atoms with Crippen molar-refractivity contribution in [3.63, 3.8) is 0 Å². The maximum Gasteiger partial charge on any atom is 0.230 e. The Balaban J connectivity index is 1.91. The van der Waals surface area contributed by atoms with E-state index in [4.69, 9.17) is 4.74 Å². The average molecular weight is 380 g/mol. The molecule has 0 spiro atoms. The number of aryl methyl sites for hydroxylation is 2. The first kappa shape index (κ1) is 19.9. The van der Waals surface area contributed by atoms with Gasteiger partial charge < -0.3 is 10.1 Å². The zero-order valence-electron chi connectivity index (χ0n) is 17.5. The maximum atomic E-state index is 12.7. The number of aromatic nitrogens is 3. The van der Waals surface area contributed by atoms with E-state index >= 15 is 0 Å². The average Bonchev–Trinajstić information content (AvgIpc) is 2.92. The summed E-state index contributed by atoms with van der Waals surface area (Å²) < 4.78 is 6.98. The number of hydrogen-bond donors (Lipinski definition) is 1. The van der Waals surface area contributed by atoms with Crippen LogP contribution in [0, 0.1) is 19.3 Å². The molecule has 0 aliphatic rings. The van der Waals surface area contributed by atoms with Gasteiger partial charge in [-0.2, -0.15) is 0 Å². The van der Waals surface area contributed by atoms with Crippen molar-refractivity contribution in [3.8, 4) is 5.75 Å². The minimum Gasteiger partial charge on any atom is -0.497 e. The van der Waals surface area contributed by atoms with E-state index in [2.05, 4.69) is 36.2 Å². The van der Waals surface area contributed by atoms with Gasteiger partial charge in [-0.25, -0.2) is 9.50 Å². The van der Waals surface area contributed by atoms with Crippen LogP contribution in [-0.4, -0.2) is 27.6 Å². The van der Waals surface area contributed by atoms with Crippen LogP contribution in [0.15, 0.2) is 30.3 Å². The van der Waals surface area contributed by atoms with Crippen LogP contribution >= 0.6 is 0 Å². The van der Waals surface area contributed by atoms with Crippen molar-refractivity contribution in [3.05, 3.63) is 52.8 Å². The van der Waals surface area contributed by atoms with E-state index in [0.29, 0.717) is 5.82 Å². The SMILES string of the molecule is COc1ccc(CC(=O)Nc2nn3c(C)cc(C)nc3c2CC(C)(C)C)cc1. The zero-order chi connectivity index (χ0) is 20.5. The third kappa shape index (κ3) is 4.50. The van der Waals surface area contributed by atoms with Gasteiger partial charge in [0.25, 0.3) is 0 Å². The molecule has 6 nitrogen and oxygen atoms in total. The Morgan fingerprint density at radius 1 is 1.18 bits per heavy atom. The van der Waals surface area contributed by atoms with Gasteiger partial charge in [0, 0.05) is 17.0 Å². The van der Waals surface area contributed by atoms with Crippen LogP contribution in [0.1, 0.15) is 43.3 Å². The Hall–Kier alpha value is -2.89. The number of benzene rings is 1. The summed E-state index contributed by atoms with van der Waals surface area (Å²) in [5.41, 5.74) is 4.68. The summed E-state index contributed by atoms with van der Waals surface area (Å²) in [7, 11) is 1.62. The van der Waals surface area contributed by atoms with Gasteiger partial charge in [-0.05, 0) is 49.4 Å². The smallest absolute Gasteiger partial charge is 0.230 e. The molecule has 0 bridgehead atoms. The lowest BCUT2D eigenvalue weighted by atomic mass is 9.88. The van der Waals surface area contributed by atoms with Gasteiger partial charge >= 0.3 is 0 Å². The van der Waals surface area contributed by atoms with Gasteiger partial charge in [0.2, 0.25) is 5.91 Å². The van der Waals surface area contributed by atoms with E-state index in [-0.39, 0.29) is 17.7 Å². The van der Waals surface area contributed by atoms with Crippen LogP contribution in [0.5, 0.6) is 5.75 Å². The molecule has 148 valence electrons. The summed E-state index contributed by atoms with van der Waals surface area (Å²) in [4.78, 5) is 17.4. The monoisotopic (exact) mass is 380 g/mol. The molecule has 0 radical (unpaired) electrons. The summed E-state index contributed by atoms with van der Waals surface area (Å²) in [6.07, 6.45) is 1.04. The summed E-state index contributed by atoms with van der Waals surface area (Å²) in [5.74, 6) is 1.27. The Morgan fingerprint density at radius 2 is 1.86 bits per heavy atom. The van der Waals surface area contributed by atoms with Crippen LogP contribution in [0.3, 0.4) is 0 Å². The van der Waals surface area contributed by atoms with Crippen LogP contribution in [0.2, 0.25) is 0 Å². The van der Waals surface area contributed by atoms with E-state index in [9.17, 15) is 4.79 Å². The number of methoxy groups -OCH3 is 1. The molecule has 2 aromatic heterocycles. The largest absolute Gasteiger partial charge is 0.497 e. The van der Waals surface area contributed by atoms with Gasteiger partial charge in [0.15, 0.2) is 11.5 Å². The minimum atomic E-state index is -0.0990. The minimum absolute atomic E-state index is 0.0400. The van der Waals surface area contributed by atoms with Gasteiger partial charge in [-0.15, -0.1) is 5.10 Å². The number of nitrogens with one attached hydrogen (secondary N) is 1. The van der Waals surface area contributed by atoms with Crippen molar-refractivity contribution in [1.82, 2.24) is 14.6 Å². The van der Waals surface area contributed by atoms with Crippen molar-refractivity contribution in [2.24, 2.45) is 5.41 Å². The van der Waals surface area contributed by atoms with Crippen molar-refractivity contribution in [1.29, 1.82) is 0 Å². The van der Waals surface area contributed by atoms with E-state index in [1.165, 1.54) is 0 Å². The van der Waals surface area contributed by atoms with E-state index in [0.717, 1.165) is 40.3 Å². The lowest BCUT2D eigenvalue weighted by molar-refractivity contribution is -0.115. The molecule has 0 saturated heterocycles. The van der Waals surface area contributed by atoms with Crippen molar-refractivity contribution in [2.75, 3.05) is 12.4 Å². The molecule has 0 fully saturated rings. The molecule has 1 N–H and O–H groups in total. The molecule has 0 unspecified atom stereocenters. The quantitative estimate of drug-likeness (QED) is 0.723. The van der Waals surface area contributed by atoms with Gasteiger partial charge in [0.05, 0.1) is 13.5 Å².